The third-order valence-corrected chi connectivity index (χ3v) is 6.71. The number of anilines is 1. The Bertz CT molecular complexity index is 1100. The van der Waals surface area contributed by atoms with Gasteiger partial charge in [-0.2, -0.15) is 0 Å². The minimum Gasteiger partial charge on any atom is -0.352 e. The number of carbonyl (C=O) groups excluding carboxylic acids is 2. The Kier molecular flexibility index (Phi) is 8.91. The molecule has 0 saturated carbocycles. The Balaban J connectivity index is 2.40. The van der Waals surface area contributed by atoms with Crippen LogP contribution in [0.2, 0.25) is 5.02 Å². The van der Waals surface area contributed by atoms with Gasteiger partial charge in [0.15, 0.2) is 0 Å². The van der Waals surface area contributed by atoms with Gasteiger partial charge in [0.25, 0.3) is 0 Å². The van der Waals surface area contributed by atoms with Crippen molar-refractivity contribution in [1.29, 1.82) is 0 Å². The highest BCUT2D eigenvalue weighted by Gasteiger charge is 2.30. The largest absolute Gasteiger partial charge is 0.352 e. The average Bonchev–Trinajstić information content (AvgIpc) is 2.71. The van der Waals surface area contributed by atoms with Crippen molar-refractivity contribution in [2.45, 2.75) is 53.2 Å². The maximum Gasteiger partial charge on any atom is 0.244 e. The average molecular weight is 494 g/mol. The summed E-state index contributed by atoms with van der Waals surface area (Å²) in [5, 5.41) is 3.37. The van der Waals surface area contributed by atoms with E-state index < -0.39 is 28.5 Å². The third-order valence-electron chi connectivity index (χ3n) is 5.32. The highest BCUT2D eigenvalue weighted by atomic mass is 35.5. The van der Waals surface area contributed by atoms with Crippen LogP contribution < -0.4 is 9.62 Å². The lowest BCUT2D eigenvalue weighted by molar-refractivity contribution is -0.139. The molecule has 7 nitrogen and oxygen atoms in total. The fourth-order valence-corrected chi connectivity index (χ4v) is 4.24. The number of halogens is 1. The van der Waals surface area contributed by atoms with Crippen LogP contribution in [0.3, 0.4) is 0 Å². The lowest BCUT2D eigenvalue weighted by atomic mass is 10.1. The predicted octanol–water partition coefficient (Wildman–Crippen LogP) is 3.66. The normalized spacial score (nSPS) is 12.4. The van der Waals surface area contributed by atoms with Crippen LogP contribution in [0.15, 0.2) is 42.5 Å². The van der Waals surface area contributed by atoms with Gasteiger partial charge < -0.3 is 10.2 Å². The van der Waals surface area contributed by atoms with Crippen LogP contribution in [-0.4, -0.2) is 50.0 Å². The van der Waals surface area contributed by atoms with Crippen molar-refractivity contribution in [3.8, 4) is 0 Å². The maximum absolute atomic E-state index is 13.4. The van der Waals surface area contributed by atoms with E-state index in [4.69, 9.17) is 11.6 Å². The van der Waals surface area contributed by atoms with Crippen LogP contribution in [0.25, 0.3) is 0 Å². The van der Waals surface area contributed by atoms with Gasteiger partial charge in [0.2, 0.25) is 21.8 Å². The highest BCUT2D eigenvalue weighted by Crippen LogP contribution is 2.22. The Morgan fingerprint density at radius 3 is 2.12 bits per heavy atom. The summed E-state index contributed by atoms with van der Waals surface area (Å²) in [6.45, 7) is 8.82. The van der Waals surface area contributed by atoms with Crippen LogP contribution in [-0.2, 0) is 26.2 Å². The summed E-state index contributed by atoms with van der Waals surface area (Å²) >= 11 is 5.97. The molecule has 0 aliphatic carbocycles. The number of rotatable bonds is 9. The number of nitrogens with zero attached hydrogens (tertiary/aromatic N) is 2. The molecule has 1 atom stereocenters. The first-order valence-corrected chi connectivity index (χ1v) is 12.9. The molecule has 0 aliphatic heterocycles. The molecular weight excluding hydrogens is 462 g/mol. The van der Waals surface area contributed by atoms with Gasteiger partial charge >= 0.3 is 0 Å². The first-order chi connectivity index (χ1) is 15.3. The molecule has 0 aromatic heterocycles. The predicted molar refractivity (Wildman–Crippen MR) is 133 cm³/mol. The fourth-order valence-electron chi connectivity index (χ4n) is 3.27. The molecule has 0 aliphatic rings. The molecule has 180 valence electrons. The van der Waals surface area contributed by atoms with Crippen molar-refractivity contribution >= 4 is 39.1 Å². The lowest BCUT2D eigenvalue weighted by Gasteiger charge is -2.32. The van der Waals surface area contributed by atoms with E-state index in [0.29, 0.717) is 10.7 Å². The molecule has 33 heavy (non-hydrogen) atoms. The fraction of sp³-hybridized carbons (Fsp3) is 0.417. The molecule has 2 aromatic rings. The van der Waals surface area contributed by atoms with E-state index in [-0.39, 0.29) is 18.5 Å². The number of sulfonamides is 1. The van der Waals surface area contributed by atoms with Gasteiger partial charge in [0.1, 0.15) is 12.6 Å². The van der Waals surface area contributed by atoms with Gasteiger partial charge in [-0.1, -0.05) is 29.8 Å². The van der Waals surface area contributed by atoms with E-state index in [1.165, 1.54) is 4.90 Å². The van der Waals surface area contributed by atoms with Crippen molar-refractivity contribution in [3.05, 3.63) is 64.2 Å². The van der Waals surface area contributed by atoms with Gasteiger partial charge in [0.05, 0.1) is 11.9 Å². The Morgan fingerprint density at radius 1 is 1.00 bits per heavy atom. The van der Waals surface area contributed by atoms with E-state index in [9.17, 15) is 18.0 Å². The van der Waals surface area contributed by atoms with E-state index in [0.717, 1.165) is 27.3 Å². The summed E-state index contributed by atoms with van der Waals surface area (Å²) in [5.41, 5.74) is 3.10. The number of aryl methyl sites for hydroxylation is 2. The molecule has 2 amide bonds. The van der Waals surface area contributed by atoms with Crippen molar-refractivity contribution in [1.82, 2.24) is 10.2 Å². The molecule has 0 bridgehead atoms. The molecule has 2 rings (SSSR count). The van der Waals surface area contributed by atoms with E-state index in [1.54, 1.807) is 43.3 Å². The SMILES string of the molecule is Cc1ccc(N(CC(=O)N(Cc2ccc(Cl)cc2)C(C)C(=O)NC(C)C)S(C)(=O)=O)cc1C. The van der Waals surface area contributed by atoms with Gasteiger partial charge in [-0.15, -0.1) is 0 Å². The number of hydrogen-bond acceptors (Lipinski definition) is 4. The summed E-state index contributed by atoms with van der Waals surface area (Å²) in [6.07, 6.45) is 1.06. The molecule has 0 spiro atoms. The van der Waals surface area contributed by atoms with Gasteiger partial charge in [-0.25, -0.2) is 8.42 Å². The minimum atomic E-state index is -3.75. The molecule has 1 unspecified atom stereocenters. The van der Waals surface area contributed by atoms with E-state index >= 15 is 0 Å². The van der Waals surface area contributed by atoms with Crippen molar-refractivity contribution in [2.24, 2.45) is 0 Å². The number of hydrogen-bond donors (Lipinski definition) is 1. The molecular formula is C24H32ClN3O4S. The molecule has 1 N–H and O–H groups in total. The van der Waals surface area contributed by atoms with E-state index in [2.05, 4.69) is 5.32 Å². The van der Waals surface area contributed by atoms with Gasteiger partial charge in [0, 0.05) is 17.6 Å². The first-order valence-electron chi connectivity index (χ1n) is 10.7. The van der Waals surface area contributed by atoms with Crippen LogP contribution in [0.4, 0.5) is 5.69 Å². The topological polar surface area (TPSA) is 86.8 Å². The molecule has 0 fully saturated rings. The summed E-state index contributed by atoms with van der Waals surface area (Å²) in [5.74, 6) is -0.801. The third kappa shape index (κ3) is 7.47. The van der Waals surface area contributed by atoms with Crippen molar-refractivity contribution in [3.63, 3.8) is 0 Å². The van der Waals surface area contributed by atoms with Crippen LogP contribution >= 0.6 is 11.6 Å². The van der Waals surface area contributed by atoms with E-state index in [1.807, 2.05) is 33.8 Å². The quantitative estimate of drug-likeness (QED) is 0.577. The molecule has 0 saturated heterocycles. The van der Waals surface area contributed by atoms with Crippen LogP contribution in [0.5, 0.6) is 0 Å². The maximum atomic E-state index is 13.4. The van der Waals surface area contributed by atoms with Crippen LogP contribution in [0.1, 0.15) is 37.5 Å². The summed E-state index contributed by atoms with van der Waals surface area (Å²) in [6, 6.07) is 11.3. The molecule has 9 heteroatoms. The zero-order valence-corrected chi connectivity index (χ0v) is 21.5. The highest BCUT2D eigenvalue weighted by molar-refractivity contribution is 7.92. The number of benzene rings is 2. The standard InChI is InChI=1S/C24H32ClN3O4S/c1-16(2)26-24(30)19(5)27(14-20-8-10-21(25)11-9-20)23(29)15-28(33(6,31)32)22-12-7-17(3)18(4)13-22/h7-13,16,19H,14-15H2,1-6H3,(H,26,30). The van der Waals surface area contributed by atoms with Crippen molar-refractivity contribution in [2.75, 3.05) is 17.1 Å². The Labute approximate surface area is 201 Å². The lowest BCUT2D eigenvalue weighted by Crippen LogP contribution is -2.52. The zero-order chi connectivity index (χ0) is 24.9. The molecule has 2 aromatic carbocycles. The smallest absolute Gasteiger partial charge is 0.244 e. The minimum absolute atomic E-state index is 0.101. The van der Waals surface area contributed by atoms with Gasteiger partial charge in [-0.05, 0) is 75.6 Å². The summed E-state index contributed by atoms with van der Waals surface area (Å²) in [4.78, 5) is 27.6. The first kappa shape index (κ1) is 26.7. The van der Waals surface area contributed by atoms with Gasteiger partial charge in [-0.3, -0.25) is 13.9 Å². The Morgan fingerprint density at radius 2 is 1.61 bits per heavy atom. The second-order valence-electron chi connectivity index (χ2n) is 8.53. The molecule has 0 heterocycles. The summed E-state index contributed by atoms with van der Waals surface area (Å²) < 4.78 is 26.3. The number of carbonyl (C=O) groups is 2. The summed E-state index contributed by atoms with van der Waals surface area (Å²) in [7, 11) is -3.75. The monoisotopic (exact) mass is 493 g/mol. The second-order valence-corrected chi connectivity index (χ2v) is 10.9. The van der Waals surface area contributed by atoms with Crippen molar-refractivity contribution < 1.29 is 18.0 Å². The number of amides is 2. The zero-order valence-electron chi connectivity index (χ0n) is 19.9. The number of nitrogens with one attached hydrogen (secondary N) is 1. The second kappa shape index (κ2) is 11.0. The van der Waals surface area contributed by atoms with Crippen LogP contribution in [0, 0.1) is 13.8 Å². The molecule has 0 radical (unpaired) electrons. The Hall–Kier alpha value is -2.58.